The Morgan fingerprint density at radius 2 is 2.17 bits per heavy atom. The molecule has 7 heteroatoms. The highest BCUT2D eigenvalue weighted by Gasteiger charge is 2.23. The zero-order valence-electron chi connectivity index (χ0n) is 16.2. The molecule has 3 aromatic rings. The predicted octanol–water partition coefficient (Wildman–Crippen LogP) is 4.98. The predicted molar refractivity (Wildman–Crippen MR) is 109 cm³/mol. The second kappa shape index (κ2) is 8.29. The van der Waals surface area contributed by atoms with Crippen molar-refractivity contribution in [3.05, 3.63) is 76.4 Å². The van der Waals surface area contributed by atoms with Gasteiger partial charge in [-0.15, -0.1) is 11.8 Å². The molecule has 0 radical (unpaired) electrons. The van der Waals surface area contributed by atoms with Gasteiger partial charge in [-0.2, -0.15) is 0 Å². The molecule has 150 valence electrons. The third kappa shape index (κ3) is 4.29. The third-order valence-electron chi connectivity index (χ3n) is 4.98. The van der Waals surface area contributed by atoms with E-state index in [0.29, 0.717) is 17.9 Å². The van der Waals surface area contributed by atoms with Crippen LogP contribution in [0.4, 0.5) is 4.39 Å². The van der Waals surface area contributed by atoms with Gasteiger partial charge in [-0.3, -0.25) is 4.79 Å². The van der Waals surface area contributed by atoms with E-state index in [1.165, 1.54) is 12.1 Å². The quantitative estimate of drug-likeness (QED) is 0.641. The van der Waals surface area contributed by atoms with Crippen molar-refractivity contribution in [1.29, 1.82) is 0 Å². The Bertz CT molecular complexity index is 1030. The SMILES string of the molecule is Cc1noc(C)c1COc1cccc(C(=O)NC2CCSc3ccc(F)cc32)c1. The molecule has 1 aliphatic heterocycles. The standard InChI is InChI=1S/C22H21FN2O3S/c1-13-19(14(2)28-25-13)12-27-17-5-3-4-15(10-17)22(26)24-20-8-9-29-21-7-6-16(23)11-18(20)21/h3-7,10-11,20H,8-9,12H2,1-2H3,(H,24,26). The van der Waals surface area contributed by atoms with Crippen LogP contribution in [0.2, 0.25) is 0 Å². The number of ether oxygens (including phenoxy) is 1. The first kappa shape index (κ1) is 19.5. The monoisotopic (exact) mass is 412 g/mol. The number of amides is 1. The lowest BCUT2D eigenvalue weighted by Gasteiger charge is -2.26. The number of hydrogen-bond donors (Lipinski definition) is 1. The molecule has 0 saturated heterocycles. The Kier molecular flexibility index (Phi) is 5.58. The number of carbonyl (C=O) groups excluding carboxylic acids is 1. The van der Waals surface area contributed by atoms with E-state index in [-0.39, 0.29) is 17.8 Å². The first-order valence-electron chi connectivity index (χ1n) is 9.39. The second-order valence-electron chi connectivity index (χ2n) is 6.96. The van der Waals surface area contributed by atoms with Crippen LogP contribution in [0.5, 0.6) is 5.75 Å². The van der Waals surface area contributed by atoms with Gasteiger partial charge in [0.25, 0.3) is 5.91 Å². The molecule has 2 heterocycles. The van der Waals surface area contributed by atoms with Gasteiger partial charge in [0.1, 0.15) is 23.9 Å². The molecule has 1 aliphatic rings. The second-order valence-corrected chi connectivity index (χ2v) is 8.10. The fraction of sp³-hybridized carbons (Fsp3) is 0.273. The van der Waals surface area contributed by atoms with Crippen LogP contribution >= 0.6 is 11.8 Å². The molecule has 1 amide bonds. The molecule has 5 nitrogen and oxygen atoms in total. The number of nitrogens with zero attached hydrogens (tertiary/aromatic N) is 1. The van der Waals surface area contributed by atoms with Gasteiger partial charge in [0.2, 0.25) is 0 Å². The molecule has 1 aromatic heterocycles. The van der Waals surface area contributed by atoms with E-state index < -0.39 is 0 Å². The lowest BCUT2D eigenvalue weighted by Crippen LogP contribution is -2.30. The summed E-state index contributed by atoms with van der Waals surface area (Å²) in [5.74, 6) is 1.69. The third-order valence-corrected chi connectivity index (χ3v) is 6.10. The summed E-state index contributed by atoms with van der Waals surface area (Å²) >= 11 is 1.68. The molecule has 1 atom stereocenters. The van der Waals surface area contributed by atoms with Gasteiger partial charge in [-0.05, 0) is 62.2 Å². The average Bonchev–Trinajstić information content (AvgIpc) is 3.04. The van der Waals surface area contributed by atoms with Gasteiger partial charge in [0.15, 0.2) is 0 Å². The van der Waals surface area contributed by atoms with Crippen molar-refractivity contribution in [3.8, 4) is 5.75 Å². The summed E-state index contributed by atoms with van der Waals surface area (Å²) in [6.07, 6.45) is 0.759. The Balaban J connectivity index is 1.46. The molecule has 1 unspecified atom stereocenters. The van der Waals surface area contributed by atoms with E-state index in [0.717, 1.165) is 39.7 Å². The summed E-state index contributed by atoms with van der Waals surface area (Å²) in [4.78, 5) is 13.8. The van der Waals surface area contributed by atoms with Crippen molar-refractivity contribution in [2.75, 3.05) is 5.75 Å². The van der Waals surface area contributed by atoms with Crippen LogP contribution in [0, 0.1) is 19.7 Å². The van der Waals surface area contributed by atoms with Gasteiger partial charge in [0, 0.05) is 16.2 Å². The largest absolute Gasteiger partial charge is 0.489 e. The molecule has 0 bridgehead atoms. The number of nitrogens with one attached hydrogen (secondary N) is 1. The average molecular weight is 412 g/mol. The number of rotatable bonds is 5. The Labute approximate surface area is 172 Å². The fourth-order valence-corrected chi connectivity index (χ4v) is 4.45. The molecule has 1 N–H and O–H groups in total. The summed E-state index contributed by atoms with van der Waals surface area (Å²) < 4.78 is 24.7. The lowest BCUT2D eigenvalue weighted by atomic mass is 10.0. The van der Waals surface area contributed by atoms with Crippen molar-refractivity contribution in [3.63, 3.8) is 0 Å². The minimum Gasteiger partial charge on any atom is -0.489 e. The number of aryl methyl sites for hydroxylation is 2. The van der Waals surface area contributed by atoms with E-state index in [1.807, 2.05) is 13.8 Å². The minimum atomic E-state index is -0.291. The molecule has 0 aliphatic carbocycles. The van der Waals surface area contributed by atoms with Crippen molar-refractivity contribution < 1.29 is 18.4 Å². The topological polar surface area (TPSA) is 64.4 Å². The zero-order valence-corrected chi connectivity index (χ0v) is 17.0. The van der Waals surface area contributed by atoms with E-state index in [2.05, 4.69) is 10.5 Å². The van der Waals surface area contributed by atoms with Gasteiger partial charge in [-0.1, -0.05) is 11.2 Å². The molecule has 2 aromatic carbocycles. The van der Waals surface area contributed by atoms with E-state index in [4.69, 9.17) is 9.26 Å². The van der Waals surface area contributed by atoms with E-state index in [1.54, 1.807) is 42.1 Å². The number of thioether (sulfide) groups is 1. The zero-order chi connectivity index (χ0) is 20.4. The maximum Gasteiger partial charge on any atom is 0.251 e. The number of fused-ring (bicyclic) bond motifs is 1. The molecule has 0 saturated carbocycles. The van der Waals surface area contributed by atoms with Crippen LogP contribution in [0.15, 0.2) is 51.9 Å². The molecular formula is C22H21FN2O3S. The number of hydrogen-bond acceptors (Lipinski definition) is 5. The molecule has 0 fully saturated rings. The van der Waals surface area contributed by atoms with Crippen LogP contribution < -0.4 is 10.1 Å². The maximum absolute atomic E-state index is 13.7. The smallest absolute Gasteiger partial charge is 0.251 e. The molecule has 0 spiro atoms. The van der Waals surface area contributed by atoms with E-state index in [9.17, 15) is 9.18 Å². The van der Waals surface area contributed by atoms with Gasteiger partial charge >= 0.3 is 0 Å². The van der Waals surface area contributed by atoms with Crippen LogP contribution in [0.1, 0.15) is 45.4 Å². The Morgan fingerprint density at radius 1 is 1.31 bits per heavy atom. The minimum absolute atomic E-state index is 0.207. The number of benzene rings is 2. The van der Waals surface area contributed by atoms with Crippen molar-refractivity contribution in [2.24, 2.45) is 0 Å². The number of halogens is 1. The van der Waals surface area contributed by atoms with Gasteiger partial charge in [-0.25, -0.2) is 4.39 Å². The van der Waals surface area contributed by atoms with E-state index >= 15 is 0 Å². The normalized spacial score (nSPS) is 15.6. The summed E-state index contributed by atoms with van der Waals surface area (Å²) in [6.45, 7) is 4.02. The van der Waals surface area contributed by atoms with Crippen LogP contribution in [-0.4, -0.2) is 16.8 Å². The van der Waals surface area contributed by atoms with Crippen molar-refractivity contribution in [2.45, 2.75) is 37.8 Å². The number of carbonyl (C=O) groups is 1. The van der Waals surface area contributed by atoms with Gasteiger partial charge < -0.3 is 14.6 Å². The molecule has 4 rings (SSSR count). The summed E-state index contributed by atoms with van der Waals surface area (Å²) in [7, 11) is 0. The van der Waals surface area contributed by atoms with Crippen LogP contribution in [0.25, 0.3) is 0 Å². The van der Waals surface area contributed by atoms with Crippen molar-refractivity contribution in [1.82, 2.24) is 10.5 Å². The number of aromatic nitrogens is 1. The highest BCUT2D eigenvalue weighted by molar-refractivity contribution is 7.99. The summed E-state index contributed by atoms with van der Waals surface area (Å²) in [5, 5.41) is 6.95. The first-order valence-corrected chi connectivity index (χ1v) is 10.4. The summed E-state index contributed by atoms with van der Waals surface area (Å²) in [6, 6.07) is 11.6. The highest BCUT2D eigenvalue weighted by Crippen LogP contribution is 2.36. The summed E-state index contributed by atoms with van der Waals surface area (Å²) in [5.41, 5.74) is 3.02. The lowest BCUT2D eigenvalue weighted by molar-refractivity contribution is 0.0934. The maximum atomic E-state index is 13.7. The van der Waals surface area contributed by atoms with Crippen LogP contribution in [-0.2, 0) is 6.61 Å². The Hall–Kier alpha value is -2.80. The fourth-order valence-electron chi connectivity index (χ4n) is 3.35. The molecular weight excluding hydrogens is 391 g/mol. The van der Waals surface area contributed by atoms with Crippen LogP contribution in [0.3, 0.4) is 0 Å². The Morgan fingerprint density at radius 3 is 2.97 bits per heavy atom. The molecule has 29 heavy (non-hydrogen) atoms. The first-order chi connectivity index (χ1) is 14.0. The van der Waals surface area contributed by atoms with Crippen molar-refractivity contribution >= 4 is 17.7 Å². The highest BCUT2D eigenvalue weighted by atomic mass is 32.2. The van der Waals surface area contributed by atoms with Gasteiger partial charge in [0.05, 0.1) is 17.3 Å².